The average Bonchev–Trinajstić information content (AvgIpc) is 2.30. The van der Waals surface area contributed by atoms with Crippen LogP contribution in [0.5, 0.6) is 0 Å². The largest absolute Gasteiger partial charge is 0.465 e. The molecule has 0 saturated heterocycles. The van der Waals surface area contributed by atoms with E-state index in [9.17, 15) is 9.59 Å². The van der Waals surface area contributed by atoms with E-state index in [1.165, 1.54) is 0 Å². The van der Waals surface area contributed by atoms with Crippen LogP contribution in [-0.2, 0) is 4.79 Å². The minimum absolute atomic E-state index is 0.130. The lowest BCUT2D eigenvalue weighted by atomic mass is 10.2. The molecule has 0 spiro atoms. The molecule has 0 aliphatic carbocycles. The molecule has 2 N–H and O–H groups in total. The third-order valence-electron chi connectivity index (χ3n) is 2.49. The van der Waals surface area contributed by atoms with Gasteiger partial charge < -0.3 is 10.0 Å². The Balaban J connectivity index is 2.10. The van der Waals surface area contributed by atoms with Gasteiger partial charge in [0, 0.05) is 30.5 Å². The highest BCUT2D eigenvalue weighted by atomic mass is 16.4. The van der Waals surface area contributed by atoms with Gasteiger partial charge in [0.1, 0.15) is 0 Å². The summed E-state index contributed by atoms with van der Waals surface area (Å²) in [5, 5.41) is 10.8. The number of carboxylic acid groups (broad SMARTS) is 1. The topological polar surface area (TPSA) is 69.6 Å². The van der Waals surface area contributed by atoms with Gasteiger partial charge in [0.05, 0.1) is 0 Å². The maximum Gasteiger partial charge on any atom is 0.409 e. The second-order valence-corrected chi connectivity index (χ2v) is 3.70. The summed E-state index contributed by atoms with van der Waals surface area (Å²) in [4.78, 5) is 23.4. The number of nitrogens with zero attached hydrogens (tertiary/aromatic N) is 1. The fourth-order valence-electron chi connectivity index (χ4n) is 1.64. The number of nitrogens with one attached hydrogen (secondary N) is 1. The zero-order valence-electron chi connectivity index (χ0n) is 9.09. The van der Waals surface area contributed by atoms with Gasteiger partial charge in [0.15, 0.2) is 5.78 Å². The molecule has 5 nitrogen and oxygen atoms in total. The quantitative estimate of drug-likeness (QED) is 0.818. The van der Waals surface area contributed by atoms with E-state index < -0.39 is 6.09 Å². The smallest absolute Gasteiger partial charge is 0.409 e. The summed E-state index contributed by atoms with van der Waals surface area (Å²) < 4.78 is 0. The summed E-state index contributed by atoms with van der Waals surface area (Å²) in [7, 11) is 0. The lowest BCUT2D eigenvalue weighted by Crippen LogP contribution is -2.23. The van der Waals surface area contributed by atoms with Crippen molar-refractivity contribution in [1.82, 2.24) is 0 Å². The lowest BCUT2D eigenvalue weighted by Gasteiger charge is -2.22. The van der Waals surface area contributed by atoms with Gasteiger partial charge in [-0.15, -0.1) is 0 Å². The Morgan fingerprint density at radius 3 is 2.53 bits per heavy atom. The number of ketones is 1. The molecule has 0 bridgehead atoms. The van der Waals surface area contributed by atoms with Gasteiger partial charge in [-0.25, -0.2) is 4.79 Å². The van der Waals surface area contributed by atoms with Crippen molar-refractivity contribution in [3.05, 3.63) is 36.5 Å². The zero-order chi connectivity index (χ0) is 12.3. The van der Waals surface area contributed by atoms with Gasteiger partial charge in [-0.3, -0.25) is 10.1 Å². The van der Waals surface area contributed by atoms with E-state index in [0.29, 0.717) is 18.7 Å². The minimum Gasteiger partial charge on any atom is -0.465 e. The Morgan fingerprint density at radius 2 is 2.00 bits per heavy atom. The van der Waals surface area contributed by atoms with Gasteiger partial charge in [-0.05, 0) is 30.3 Å². The number of amides is 1. The number of hydrogen-bond acceptors (Lipinski definition) is 3. The first kappa shape index (κ1) is 11.2. The van der Waals surface area contributed by atoms with Crippen molar-refractivity contribution in [2.75, 3.05) is 16.8 Å². The van der Waals surface area contributed by atoms with Crippen molar-refractivity contribution in [3.8, 4) is 0 Å². The van der Waals surface area contributed by atoms with E-state index in [1.807, 2.05) is 17.0 Å². The molecule has 1 aliphatic heterocycles. The summed E-state index contributed by atoms with van der Waals surface area (Å²) in [5.74, 6) is 0.130. The molecule has 1 heterocycles. The monoisotopic (exact) mass is 232 g/mol. The highest BCUT2D eigenvalue weighted by molar-refractivity contribution is 5.91. The third kappa shape index (κ3) is 2.84. The molecule has 0 fully saturated rings. The molecule has 1 aromatic carbocycles. The molecule has 0 unspecified atom stereocenters. The van der Waals surface area contributed by atoms with Crippen molar-refractivity contribution in [3.63, 3.8) is 0 Å². The molecular weight excluding hydrogens is 220 g/mol. The summed E-state index contributed by atoms with van der Waals surface area (Å²) in [6.45, 7) is 0.654. The number of rotatable bonds is 2. The molecule has 88 valence electrons. The van der Waals surface area contributed by atoms with Crippen LogP contribution in [0.2, 0.25) is 0 Å². The molecular formula is C12H12N2O3. The molecule has 17 heavy (non-hydrogen) atoms. The van der Waals surface area contributed by atoms with Crippen molar-refractivity contribution in [2.45, 2.75) is 6.42 Å². The van der Waals surface area contributed by atoms with E-state index in [1.54, 1.807) is 24.4 Å². The van der Waals surface area contributed by atoms with E-state index in [-0.39, 0.29) is 5.78 Å². The lowest BCUT2D eigenvalue weighted by molar-refractivity contribution is -0.114. The average molecular weight is 232 g/mol. The summed E-state index contributed by atoms with van der Waals surface area (Å²) in [6, 6.07) is 7.00. The second-order valence-electron chi connectivity index (χ2n) is 3.70. The molecule has 1 aromatic rings. The van der Waals surface area contributed by atoms with Crippen LogP contribution in [0.15, 0.2) is 36.5 Å². The van der Waals surface area contributed by atoms with Crippen molar-refractivity contribution >= 4 is 23.3 Å². The van der Waals surface area contributed by atoms with Crippen LogP contribution >= 0.6 is 0 Å². The number of allylic oxidation sites excluding steroid dienone is 1. The van der Waals surface area contributed by atoms with Crippen LogP contribution < -0.4 is 10.2 Å². The first-order valence-corrected chi connectivity index (χ1v) is 5.23. The van der Waals surface area contributed by atoms with Crippen LogP contribution in [0.3, 0.4) is 0 Å². The molecule has 0 atom stereocenters. The van der Waals surface area contributed by atoms with Gasteiger partial charge in [0.2, 0.25) is 0 Å². The Bertz CT molecular complexity index is 465. The Hall–Kier alpha value is -2.30. The predicted octanol–water partition coefficient (Wildman–Crippen LogP) is 2.07. The molecule has 0 aromatic heterocycles. The van der Waals surface area contributed by atoms with Crippen molar-refractivity contribution in [1.29, 1.82) is 0 Å². The Labute approximate surface area is 98.4 Å². The summed E-state index contributed by atoms with van der Waals surface area (Å²) in [6.07, 6.45) is 2.71. The van der Waals surface area contributed by atoms with Crippen molar-refractivity contribution < 1.29 is 14.7 Å². The standard InChI is InChI=1S/C12H12N2O3/c15-11-5-7-14(8-6-11)10-3-1-9(2-4-10)13-12(16)17/h1-5,7,13H,6,8H2,(H,16,17). The maximum atomic E-state index is 11.0. The van der Waals surface area contributed by atoms with E-state index in [4.69, 9.17) is 5.11 Å². The Kier molecular flexibility index (Phi) is 3.09. The Morgan fingerprint density at radius 1 is 1.29 bits per heavy atom. The highest BCUT2D eigenvalue weighted by Crippen LogP contribution is 2.20. The van der Waals surface area contributed by atoms with Crippen molar-refractivity contribution in [2.24, 2.45) is 0 Å². The van der Waals surface area contributed by atoms with E-state index in [2.05, 4.69) is 5.32 Å². The van der Waals surface area contributed by atoms with Gasteiger partial charge in [0.25, 0.3) is 0 Å². The summed E-state index contributed by atoms with van der Waals surface area (Å²) >= 11 is 0. The molecule has 0 saturated carbocycles. The van der Waals surface area contributed by atoms with E-state index in [0.717, 1.165) is 5.69 Å². The molecule has 1 aliphatic rings. The first-order chi connectivity index (χ1) is 8.15. The van der Waals surface area contributed by atoms with Crippen LogP contribution in [0, 0.1) is 0 Å². The van der Waals surface area contributed by atoms with Crippen LogP contribution in [0.4, 0.5) is 16.2 Å². The van der Waals surface area contributed by atoms with Crippen LogP contribution in [0.25, 0.3) is 0 Å². The van der Waals surface area contributed by atoms with Gasteiger partial charge in [-0.1, -0.05) is 0 Å². The normalized spacial score (nSPS) is 14.8. The second kappa shape index (κ2) is 4.69. The first-order valence-electron chi connectivity index (χ1n) is 5.23. The minimum atomic E-state index is -1.08. The van der Waals surface area contributed by atoms with Crippen LogP contribution in [0.1, 0.15) is 6.42 Å². The molecule has 5 heteroatoms. The number of anilines is 2. The van der Waals surface area contributed by atoms with Crippen LogP contribution in [-0.4, -0.2) is 23.5 Å². The third-order valence-corrected chi connectivity index (χ3v) is 2.49. The number of carbonyl (C=O) groups is 2. The maximum absolute atomic E-state index is 11.0. The van der Waals surface area contributed by atoms with E-state index >= 15 is 0 Å². The molecule has 2 rings (SSSR count). The highest BCUT2D eigenvalue weighted by Gasteiger charge is 2.10. The number of carbonyl (C=O) groups excluding carboxylic acids is 1. The SMILES string of the molecule is O=C1C=CN(c2ccc(NC(=O)O)cc2)CC1. The molecule has 1 amide bonds. The fraction of sp³-hybridized carbons (Fsp3) is 0.167. The number of hydrogen-bond donors (Lipinski definition) is 2. The molecule has 0 radical (unpaired) electrons. The zero-order valence-corrected chi connectivity index (χ0v) is 9.09. The van der Waals surface area contributed by atoms with Gasteiger partial charge in [-0.2, -0.15) is 0 Å². The fourth-order valence-corrected chi connectivity index (χ4v) is 1.64. The van der Waals surface area contributed by atoms with Gasteiger partial charge >= 0.3 is 6.09 Å². The summed E-state index contributed by atoms with van der Waals surface area (Å²) in [5.41, 5.74) is 1.46. The number of benzene rings is 1. The predicted molar refractivity (Wildman–Crippen MR) is 64.2 cm³/mol.